The van der Waals surface area contributed by atoms with Gasteiger partial charge in [0.2, 0.25) is 0 Å². The minimum atomic E-state index is -0.902. The van der Waals surface area contributed by atoms with E-state index in [1.165, 1.54) is 0 Å². The zero-order chi connectivity index (χ0) is 11.5. The van der Waals surface area contributed by atoms with Gasteiger partial charge in [-0.2, -0.15) is 0 Å². The molecule has 0 aromatic heterocycles. The van der Waals surface area contributed by atoms with Crippen LogP contribution >= 0.6 is 0 Å². The summed E-state index contributed by atoms with van der Waals surface area (Å²) in [7, 11) is 0. The monoisotopic (exact) mass is 221 g/mol. The van der Waals surface area contributed by atoms with Gasteiger partial charge in [-0.15, -0.1) is 0 Å². The molecule has 0 radical (unpaired) electrons. The van der Waals surface area contributed by atoms with E-state index >= 15 is 0 Å². The minimum Gasteiger partial charge on any atom is -0.478 e. The van der Waals surface area contributed by atoms with Gasteiger partial charge in [-0.05, 0) is 37.1 Å². The van der Waals surface area contributed by atoms with Gasteiger partial charge in [0.25, 0.3) is 0 Å². The first-order valence-corrected chi connectivity index (χ1v) is 5.43. The van der Waals surface area contributed by atoms with E-state index in [1.54, 1.807) is 12.1 Å². The molecule has 1 aromatic carbocycles. The summed E-state index contributed by atoms with van der Waals surface area (Å²) in [5.74, 6) is -0.902. The molecule has 1 aliphatic rings. The molecule has 1 aliphatic heterocycles. The number of hydrogen-bond donors (Lipinski definition) is 2. The predicted molar refractivity (Wildman–Crippen MR) is 60.9 cm³/mol. The summed E-state index contributed by atoms with van der Waals surface area (Å²) in [6.07, 6.45) is 1.37. The number of aromatic carboxylic acids is 1. The molecule has 0 amide bonds. The molecule has 16 heavy (non-hydrogen) atoms. The van der Waals surface area contributed by atoms with E-state index in [2.05, 4.69) is 4.90 Å². The van der Waals surface area contributed by atoms with E-state index in [-0.39, 0.29) is 6.10 Å². The van der Waals surface area contributed by atoms with Crippen LogP contribution in [0, 0.1) is 0 Å². The number of nitrogens with zero attached hydrogens (tertiary/aromatic N) is 1. The molecule has 1 aromatic rings. The fourth-order valence-corrected chi connectivity index (χ4v) is 1.94. The summed E-state index contributed by atoms with van der Waals surface area (Å²) in [5.41, 5.74) is 1.33. The van der Waals surface area contributed by atoms with E-state index < -0.39 is 5.97 Å². The normalized spacial score (nSPS) is 17.4. The lowest BCUT2D eigenvalue weighted by molar-refractivity contribution is 0.0697. The molecule has 1 fully saturated rings. The van der Waals surface area contributed by atoms with Crippen LogP contribution in [0.1, 0.15) is 23.2 Å². The van der Waals surface area contributed by atoms with Crippen LogP contribution in [0.3, 0.4) is 0 Å². The van der Waals surface area contributed by atoms with Crippen LogP contribution in [0.5, 0.6) is 0 Å². The zero-order valence-electron chi connectivity index (χ0n) is 8.97. The Bertz CT molecular complexity index is 366. The van der Waals surface area contributed by atoms with Gasteiger partial charge in [-0.1, -0.05) is 0 Å². The summed E-state index contributed by atoms with van der Waals surface area (Å²) in [6, 6.07) is 6.87. The number of carboxylic acid groups (broad SMARTS) is 1. The third kappa shape index (κ3) is 2.33. The maximum absolute atomic E-state index is 10.7. The molecule has 86 valence electrons. The number of rotatable bonds is 2. The van der Waals surface area contributed by atoms with E-state index in [9.17, 15) is 9.90 Å². The minimum absolute atomic E-state index is 0.186. The maximum Gasteiger partial charge on any atom is 0.335 e. The fraction of sp³-hybridized carbons (Fsp3) is 0.417. The second-order valence-corrected chi connectivity index (χ2v) is 4.07. The Morgan fingerprint density at radius 3 is 2.25 bits per heavy atom. The topological polar surface area (TPSA) is 60.8 Å². The van der Waals surface area contributed by atoms with Gasteiger partial charge in [0.15, 0.2) is 0 Å². The van der Waals surface area contributed by atoms with Gasteiger partial charge >= 0.3 is 5.97 Å². The number of carbonyl (C=O) groups is 1. The quantitative estimate of drug-likeness (QED) is 0.791. The van der Waals surface area contributed by atoms with E-state index in [1.807, 2.05) is 12.1 Å². The largest absolute Gasteiger partial charge is 0.478 e. The summed E-state index contributed by atoms with van der Waals surface area (Å²) < 4.78 is 0. The van der Waals surface area contributed by atoms with Crippen molar-refractivity contribution >= 4 is 11.7 Å². The SMILES string of the molecule is O=C(O)c1ccc(N2CCC(O)CC2)cc1. The first-order chi connectivity index (χ1) is 7.66. The van der Waals surface area contributed by atoms with Gasteiger partial charge in [0.05, 0.1) is 11.7 Å². The average molecular weight is 221 g/mol. The molecule has 4 nitrogen and oxygen atoms in total. The van der Waals surface area contributed by atoms with Crippen molar-refractivity contribution < 1.29 is 15.0 Å². The Morgan fingerprint density at radius 2 is 1.75 bits per heavy atom. The molecule has 0 bridgehead atoms. The van der Waals surface area contributed by atoms with Gasteiger partial charge in [-0.25, -0.2) is 4.79 Å². The number of carboxylic acids is 1. The van der Waals surface area contributed by atoms with Crippen molar-refractivity contribution in [1.82, 2.24) is 0 Å². The molecule has 0 spiro atoms. The van der Waals surface area contributed by atoms with E-state index in [0.29, 0.717) is 5.56 Å². The number of hydrogen-bond acceptors (Lipinski definition) is 3. The molecule has 0 unspecified atom stereocenters. The van der Waals surface area contributed by atoms with Crippen LogP contribution in [0.15, 0.2) is 24.3 Å². The van der Waals surface area contributed by atoms with Crippen molar-refractivity contribution in [2.75, 3.05) is 18.0 Å². The number of benzene rings is 1. The van der Waals surface area contributed by atoms with Gasteiger partial charge in [0, 0.05) is 18.8 Å². The summed E-state index contributed by atoms with van der Waals surface area (Å²) in [4.78, 5) is 12.8. The van der Waals surface area contributed by atoms with Crippen LogP contribution in [0.4, 0.5) is 5.69 Å². The van der Waals surface area contributed by atoms with E-state index in [0.717, 1.165) is 31.6 Å². The number of anilines is 1. The summed E-state index contributed by atoms with van der Waals surface area (Å²) in [6.45, 7) is 1.65. The standard InChI is InChI=1S/C12H15NO3/c14-11-5-7-13(8-6-11)10-3-1-9(2-4-10)12(15)16/h1-4,11,14H,5-8H2,(H,15,16). The lowest BCUT2D eigenvalue weighted by atomic mass is 10.1. The third-order valence-corrected chi connectivity index (χ3v) is 2.94. The van der Waals surface area contributed by atoms with Gasteiger partial charge < -0.3 is 15.1 Å². The highest BCUT2D eigenvalue weighted by Gasteiger charge is 2.17. The average Bonchev–Trinajstić information content (AvgIpc) is 2.30. The highest BCUT2D eigenvalue weighted by Crippen LogP contribution is 2.20. The van der Waals surface area contributed by atoms with Gasteiger partial charge in [-0.3, -0.25) is 0 Å². The second kappa shape index (κ2) is 4.53. The third-order valence-electron chi connectivity index (χ3n) is 2.94. The summed E-state index contributed by atoms with van der Waals surface area (Å²) in [5, 5.41) is 18.2. The van der Waals surface area contributed by atoms with Crippen molar-refractivity contribution in [3.63, 3.8) is 0 Å². The van der Waals surface area contributed by atoms with Crippen molar-refractivity contribution in [1.29, 1.82) is 0 Å². The fourth-order valence-electron chi connectivity index (χ4n) is 1.94. The number of aliphatic hydroxyl groups excluding tert-OH is 1. The lowest BCUT2D eigenvalue weighted by Gasteiger charge is -2.31. The number of aliphatic hydroxyl groups is 1. The second-order valence-electron chi connectivity index (χ2n) is 4.07. The molecular weight excluding hydrogens is 206 g/mol. The molecule has 0 saturated carbocycles. The zero-order valence-corrected chi connectivity index (χ0v) is 8.97. The molecule has 2 N–H and O–H groups in total. The molecule has 0 aliphatic carbocycles. The highest BCUT2D eigenvalue weighted by molar-refractivity contribution is 5.88. The Kier molecular flexibility index (Phi) is 3.10. The predicted octanol–water partition coefficient (Wildman–Crippen LogP) is 1.35. The van der Waals surface area contributed by atoms with Crippen molar-refractivity contribution in [3.05, 3.63) is 29.8 Å². The Morgan fingerprint density at radius 1 is 1.19 bits per heavy atom. The van der Waals surface area contributed by atoms with Crippen LogP contribution in [0.2, 0.25) is 0 Å². The molecule has 0 atom stereocenters. The highest BCUT2D eigenvalue weighted by atomic mass is 16.4. The van der Waals surface area contributed by atoms with Crippen LogP contribution in [0.25, 0.3) is 0 Å². The molecule has 4 heteroatoms. The van der Waals surface area contributed by atoms with Crippen molar-refractivity contribution in [2.45, 2.75) is 18.9 Å². The molecular formula is C12H15NO3. The van der Waals surface area contributed by atoms with Crippen molar-refractivity contribution in [3.8, 4) is 0 Å². The lowest BCUT2D eigenvalue weighted by Crippen LogP contribution is -2.35. The van der Waals surface area contributed by atoms with Crippen molar-refractivity contribution in [2.24, 2.45) is 0 Å². The molecule has 2 rings (SSSR count). The Hall–Kier alpha value is -1.55. The molecule has 1 saturated heterocycles. The number of piperidine rings is 1. The van der Waals surface area contributed by atoms with E-state index in [4.69, 9.17) is 5.11 Å². The maximum atomic E-state index is 10.7. The van der Waals surface area contributed by atoms with Gasteiger partial charge in [0.1, 0.15) is 0 Å². The van der Waals surface area contributed by atoms with Crippen LogP contribution < -0.4 is 4.90 Å². The molecule has 1 heterocycles. The Labute approximate surface area is 94.1 Å². The first kappa shape index (κ1) is 11.0. The van der Waals surface area contributed by atoms with Crippen LogP contribution in [-0.2, 0) is 0 Å². The first-order valence-electron chi connectivity index (χ1n) is 5.43. The smallest absolute Gasteiger partial charge is 0.335 e. The van der Waals surface area contributed by atoms with Crippen LogP contribution in [-0.4, -0.2) is 35.4 Å². The summed E-state index contributed by atoms with van der Waals surface area (Å²) >= 11 is 0. The Balaban J connectivity index is 2.07.